The lowest BCUT2D eigenvalue weighted by atomic mass is 10.0. The van der Waals surface area contributed by atoms with Crippen LogP contribution in [0, 0.1) is 0 Å². The van der Waals surface area contributed by atoms with Crippen LogP contribution in [0.2, 0.25) is 0 Å². The van der Waals surface area contributed by atoms with E-state index in [1.165, 1.54) is 24.5 Å². The molecule has 1 heterocycles. The molecule has 3 aromatic rings. The second-order valence-electron chi connectivity index (χ2n) is 8.33. The van der Waals surface area contributed by atoms with Crippen LogP contribution in [0.25, 0.3) is 0 Å². The number of aromatic nitrogens is 1. The monoisotopic (exact) mass is 557 g/mol. The minimum atomic E-state index is -3.28. The fourth-order valence-electron chi connectivity index (χ4n) is 3.41. The van der Waals surface area contributed by atoms with E-state index in [0.717, 1.165) is 28.0 Å². The van der Waals surface area contributed by atoms with E-state index in [2.05, 4.69) is 20.6 Å². The number of aliphatic imine (C=N–C) groups is 1. The molecule has 38 heavy (non-hydrogen) atoms. The first-order valence-corrected chi connectivity index (χ1v) is 14.1. The van der Waals surface area contributed by atoms with Crippen LogP contribution in [0.4, 0.5) is 15.6 Å². The van der Waals surface area contributed by atoms with Crippen molar-refractivity contribution in [1.82, 2.24) is 10.3 Å². The third-order valence-corrected chi connectivity index (χ3v) is 7.32. The molecule has 13 heteroatoms. The normalized spacial score (nSPS) is 11.3. The fourth-order valence-corrected chi connectivity index (χ4v) is 5.13. The summed E-state index contributed by atoms with van der Waals surface area (Å²) in [5.41, 5.74) is 3.38. The van der Waals surface area contributed by atoms with Crippen molar-refractivity contribution in [3.63, 3.8) is 0 Å². The standard InChI is InChI=1S/C25H27N5O6S2/c1-16(31)28-24-30-21(22(37-24)13-18-5-10-20(11-6-18)38(2,35)36)12-7-17-3-8-19(9-4-17)29-23(32)14-26-15-27-25(33)34/h3-6,8-11,15H,7,12-14H2,1-2H3,(H,26,27)(H,29,32)(H,33,34)(H,28,30,31). The van der Waals surface area contributed by atoms with Gasteiger partial charge in [-0.1, -0.05) is 24.3 Å². The number of thiazole rings is 1. The Kier molecular flexibility index (Phi) is 9.68. The molecule has 0 saturated heterocycles. The highest BCUT2D eigenvalue weighted by Gasteiger charge is 2.14. The maximum atomic E-state index is 11.9. The summed E-state index contributed by atoms with van der Waals surface area (Å²) in [5.74, 6) is -0.598. The van der Waals surface area contributed by atoms with Crippen molar-refractivity contribution < 1.29 is 27.9 Å². The predicted octanol–water partition coefficient (Wildman–Crippen LogP) is 3.12. The number of nitrogens with one attached hydrogen (secondary N) is 3. The number of rotatable bonds is 11. The van der Waals surface area contributed by atoms with Gasteiger partial charge in [0.05, 0.1) is 16.9 Å². The molecule has 0 aliphatic carbocycles. The Balaban J connectivity index is 1.64. The van der Waals surface area contributed by atoms with Gasteiger partial charge in [0, 0.05) is 30.2 Å². The number of nitrogens with zero attached hydrogens (tertiary/aromatic N) is 2. The van der Waals surface area contributed by atoms with Crippen molar-refractivity contribution in [3.05, 3.63) is 70.2 Å². The number of carboxylic acid groups (broad SMARTS) is 1. The Hall–Kier alpha value is -4.10. The lowest BCUT2D eigenvalue weighted by Gasteiger charge is -2.07. The second-order valence-corrected chi connectivity index (χ2v) is 11.4. The molecule has 3 rings (SSSR count). The molecular weight excluding hydrogens is 530 g/mol. The summed E-state index contributed by atoms with van der Waals surface area (Å²) < 4.78 is 23.5. The highest BCUT2D eigenvalue weighted by Crippen LogP contribution is 2.27. The number of benzene rings is 2. The Labute approximate surface area is 224 Å². The first kappa shape index (κ1) is 28.5. The van der Waals surface area contributed by atoms with Crippen LogP contribution in [0.1, 0.15) is 28.6 Å². The number of hydrogen-bond acceptors (Lipinski definition) is 8. The van der Waals surface area contributed by atoms with Gasteiger partial charge in [0.25, 0.3) is 0 Å². The van der Waals surface area contributed by atoms with Gasteiger partial charge in [-0.25, -0.2) is 18.2 Å². The first-order valence-electron chi connectivity index (χ1n) is 11.4. The van der Waals surface area contributed by atoms with E-state index < -0.39 is 15.9 Å². The number of carbonyl (C=O) groups excluding carboxylic acids is 2. The van der Waals surface area contributed by atoms with Gasteiger partial charge in [0.2, 0.25) is 11.8 Å². The number of aryl methyl sites for hydroxylation is 2. The van der Waals surface area contributed by atoms with Crippen molar-refractivity contribution in [2.24, 2.45) is 4.99 Å². The number of sulfone groups is 1. The predicted molar refractivity (Wildman–Crippen MR) is 146 cm³/mol. The molecule has 4 N–H and O–H groups in total. The number of amides is 3. The minimum Gasteiger partial charge on any atom is -0.465 e. The molecule has 0 fully saturated rings. The number of hydrogen-bond donors (Lipinski definition) is 4. The first-order chi connectivity index (χ1) is 18.0. The van der Waals surface area contributed by atoms with Crippen molar-refractivity contribution in [1.29, 1.82) is 0 Å². The van der Waals surface area contributed by atoms with Crippen molar-refractivity contribution >= 4 is 56.2 Å². The number of anilines is 2. The van der Waals surface area contributed by atoms with Gasteiger partial charge in [-0.15, -0.1) is 11.3 Å². The quantitative estimate of drug-likeness (QED) is 0.208. The maximum Gasteiger partial charge on any atom is 0.409 e. The summed E-state index contributed by atoms with van der Waals surface area (Å²) in [6.45, 7) is 1.20. The topological polar surface area (TPSA) is 167 Å². The molecule has 0 aliphatic heterocycles. The zero-order chi connectivity index (χ0) is 27.7. The van der Waals surface area contributed by atoms with Crippen LogP contribution in [-0.2, 0) is 38.7 Å². The van der Waals surface area contributed by atoms with Gasteiger partial charge in [0.15, 0.2) is 15.0 Å². The van der Waals surface area contributed by atoms with Crippen molar-refractivity contribution in [3.8, 4) is 0 Å². The smallest absolute Gasteiger partial charge is 0.409 e. The summed E-state index contributed by atoms with van der Waals surface area (Å²) in [6.07, 6.45) is 2.68. The molecule has 0 bridgehead atoms. The highest BCUT2D eigenvalue weighted by atomic mass is 32.2. The van der Waals surface area contributed by atoms with Crippen LogP contribution < -0.4 is 16.0 Å². The molecule has 11 nitrogen and oxygen atoms in total. The SMILES string of the molecule is CC(=O)Nc1nc(CCc2ccc(NC(=O)CN=CNC(=O)O)cc2)c(Cc2ccc(S(C)(=O)=O)cc2)s1. The Morgan fingerprint density at radius 1 is 1.00 bits per heavy atom. The largest absolute Gasteiger partial charge is 0.465 e. The van der Waals surface area contributed by atoms with Crippen molar-refractivity contribution in [2.75, 3.05) is 23.4 Å². The molecule has 3 amide bonds. The van der Waals surface area contributed by atoms with Crippen LogP contribution in [0.3, 0.4) is 0 Å². The third-order valence-electron chi connectivity index (χ3n) is 5.18. The lowest BCUT2D eigenvalue weighted by molar-refractivity contribution is -0.115. The molecule has 0 aliphatic rings. The molecular formula is C25H27N5O6S2. The molecule has 0 spiro atoms. The van der Waals surface area contributed by atoms with Crippen LogP contribution >= 0.6 is 11.3 Å². The van der Waals surface area contributed by atoms with Gasteiger partial charge < -0.3 is 15.7 Å². The molecule has 0 radical (unpaired) electrons. The highest BCUT2D eigenvalue weighted by molar-refractivity contribution is 7.90. The fraction of sp³-hybridized carbons (Fsp3) is 0.240. The van der Waals surface area contributed by atoms with Crippen molar-refractivity contribution in [2.45, 2.75) is 31.1 Å². The van der Waals surface area contributed by atoms with E-state index in [1.807, 2.05) is 17.4 Å². The van der Waals surface area contributed by atoms with E-state index in [-0.39, 0.29) is 23.3 Å². The molecule has 0 saturated carbocycles. The second kappa shape index (κ2) is 12.9. The van der Waals surface area contributed by atoms with Gasteiger partial charge in [0.1, 0.15) is 6.54 Å². The van der Waals surface area contributed by atoms with Gasteiger partial charge in [-0.3, -0.25) is 19.9 Å². The van der Waals surface area contributed by atoms with E-state index in [1.54, 1.807) is 36.4 Å². The average molecular weight is 558 g/mol. The Bertz CT molecular complexity index is 1430. The van der Waals surface area contributed by atoms with Crippen LogP contribution in [0.5, 0.6) is 0 Å². The summed E-state index contributed by atoms with van der Waals surface area (Å²) in [7, 11) is -3.28. The maximum absolute atomic E-state index is 11.9. The van der Waals surface area contributed by atoms with E-state index in [4.69, 9.17) is 5.11 Å². The van der Waals surface area contributed by atoms with Gasteiger partial charge in [-0.2, -0.15) is 0 Å². The summed E-state index contributed by atoms with van der Waals surface area (Å²) in [4.78, 5) is 43.3. The zero-order valence-electron chi connectivity index (χ0n) is 20.7. The Morgan fingerprint density at radius 2 is 1.66 bits per heavy atom. The molecule has 200 valence electrons. The summed E-state index contributed by atoms with van der Waals surface area (Å²) >= 11 is 1.39. The summed E-state index contributed by atoms with van der Waals surface area (Å²) in [6, 6.07) is 14.0. The molecule has 2 aromatic carbocycles. The lowest BCUT2D eigenvalue weighted by Crippen LogP contribution is -2.20. The molecule has 0 atom stereocenters. The average Bonchev–Trinajstić information content (AvgIpc) is 3.21. The zero-order valence-corrected chi connectivity index (χ0v) is 22.4. The van der Waals surface area contributed by atoms with Gasteiger partial charge >= 0.3 is 6.09 Å². The molecule has 1 aromatic heterocycles. The third kappa shape index (κ3) is 9.09. The van der Waals surface area contributed by atoms with Crippen LogP contribution in [-0.4, -0.2) is 55.6 Å². The van der Waals surface area contributed by atoms with E-state index >= 15 is 0 Å². The van der Waals surface area contributed by atoms with E-state index in [9.17, 15) is 22.8 Å². The molecule has 0 unspecified atom stereocenters. The summed E-state index contributed by atoms with van der Waals surface area (Å²) in [5, 5.41) is 16.3. The minimum absolute atomic E-state index is 0.212. The van der Waals surface area contributed by atoms with E-state index in [0.29, 0.717) is 30.1 Å². The Morgan fingerprint density at radius 3 is 2.26 bits per heavy atom. The van der Waals surface area contributed by atoms with Crippen LogP contribution in [0.15, 0.2) is 58.4 Å². The number of carbonyl (C=O) groups is 3. The van der Waals surface area contributed by atoms with Gasteiger partial charge in [-0.05, 0) is 48.2 Å².